The van der Waals surface area contributed by atoms with Gasteiger partial charge in [-0.15, -0.1) is 0 Å². The maximum Gasteiger partial charge on any atom is 0.178 e. The first-order chi connectivity index (χ1) is 8.66. The average molecular weight is 260 g/mol. The fraction of sp³-hybridized carbons (Fsp3) is 0.250. The predicted molar refractivity (Wildman–Crippen MR) is 70.0 cm³/mol. The van der Waals surface area contributed by atoms with Crippen molar-refractivity contribution in [1.82, 2.24) is 19.7 Å². The van der Waals surface area contributed by atoms with Crippen LogP contribution in [0.3, 0.4) is 0 Å². The quantitative estimate of drug-likeness (QED) is 0.720. The number of aromatic amines is 1. The van der Waals surface area contributed by atoms with Gasteiger partial charge >= 0.3 is 0 Å². The van der Waals surface area contributed by atoms with Crippen molar-refractivity contribution in [2.45, 2.75) is 20.4 Å². The monoisotopic (exact) mass is 260 g/mol. The van der Waals surface area contributed by atoms with E-state index in [4.69, 9.17) is 16.7 Å². The van der Waals surface area contributed by atoms with Gasteiger partial charge in [0, 0.05) is 11.8 Å². The first-order valence-corrected chi connectivity index (χ1v) is 6.02. The van der Waals surface area contributed by atoms with E-state index >= 15 is 0 Å². The predicted octanol–water partition coefficient (Wildman–Crippen LogP) is 2.75. The summed E-state index contributed by atoms with van der Waals surface area (Å²) < 4.78 is 7.88. The Balaban J connectivity index is 2.16. The largest absolute Gasteiger partial charge is 0.361 e. The molecule has 0 saturated carbocycles. The molecular weight excluding hydrogens is 248 g/mol. The molecule has 3 aromatic heterocycles. The number of nitrogens with one attached hydrogen (secondary N) is 1. The van der Waals surface area contributed by atoms with Gasteiger partial charge in [-0.05, 0) is 32.1 Å². The number of hydrogen-bond acceptors (Lipinski definition) is 4. The molecule has 0 radical (unpaired) electrons. The molecule has 92 valence electrons. The number of pyridine rings is 1. The van der Waals surface area contributed by atoms with Gasteiger partial charge in [0.2, 0.25) is 0 Å². The standard InChI is InChI=1S/C12H12N4OS/c1-7-9(8(2)17-15-7)6-16-11-3-4-13-5-10(11)14-12(16)18/h3-5H,6H2,1-2H3,(H,14,18). The lowest BCUT2D eigenvalue weighted by atomic mass is 10.2. The van der Waals surface area contributed by atoms with E-state index in [2.05, 4.69) is 15.1 Å². The number of aryl methyl sites for hydroxylation is 2. The van der Waals surface area contributed by atoms with Crippen molar-refractivity contribution >= 4 is 23.3 Å². The molecule has 0 aliphatic rings. The first kappa shape index (κ1) is 11.2. The summed E-state index contributed by atoms with van der Waals surface area (Å²) in [5.41, 5.74) is 3.95. The number of hydrogen-bond donors (Lipinski definition) is 1. The summed E-state index contributed by atoms with van der Waals surface area (Å²) in [4.78, 5) is 7.22. The van der Waals surface area contributed by atoms with Gasteiger partial charge in [0.05, 0.1) is 29.5 Å². The number of nitrogens with zero attached hydrogens (tertiary/aromatic N) is 3. The van der Waals surface area contributed by atoms with E-state index < -0.39 is 0 Å². The molecule has 0 amide bonds. The van der Waals surface area contributed by atoms with E-state index in [1.807, 2.05) is 24.5 Å². The summed E-state index contributed by atoms with van der Waals surface area (Å²) in [6.07, 6.45) is 3.53. The van der Waals surface area contributed by atoms with Gasteiger partial charge in [-0.2, -0.15) is 0 Å². The minimum Gasteiger partial charge on any atom is -0.361 e. The summed E-state index contributed by atoms with van der Waals surface area (Å²) in [6.45, 7) is 4.51. The maximum absolute atomic E-state index is 5.34. The Hall–Kier alpha value is -1.95. The van der Waals surface area contributed by atoms with E-state index in [1.54, 1.807) is 12.4 Å². The molecule has 3 rings (SSSR count). The molecule has 0 aliphatic carbocycles. The highest BCUT2D eigenvalue weighted by Gasteiger charge is 2.12. The Morgan fingerprint density at radius 2 is 2.28 bits per heavy atom. The molecule has 18 heavy (non-hydrogen) atoms. The van der Waals surface area contributed by atoms with Crippen molar-refractivity contribution in [3.63, 3.8) is 0 Å². The zero-order valence-corrected chi connectivity index (χ0v) is 10.9. The number of H-pyrrole nitrogens is 1. The van der Waals surface area contributed by atoms with Gasteiger partial charge in [0.1, 0.15) is 5.76 Å². The number of fused-ring (bicyclic) bond motifs is 1. The van der Waals surface area contributed by atoms with Crippen LogP contribution in [-0.4, -0.2) is 19.7 Å². The van der Waals surface area contributed by atoms with Gasteiger partial charge in [-0.1, -0.05) is 5.16 Å². The lowest BCUT2D eigenvalue weighted by molar-refractivity contribution is 0.392. The molecule has 3 heterocycles. The average Bonchev–Trinajstić information content (AvgIpc) is 2.84. The summed E-state index contributed by atoms with van der Waals surface area (Å²) in [7, 11) is 0. The lowest BCUT2D eigenvalue weighted by Crippen LogP contribution is -2.01. The third kappa shape index (κ3) is 1.65. The molecule has 0 bridgehead atoms. The maximum atomic E-state index is 5.34. The number of rotatable bonds is 2. The third-order valence-corrected chi connectivity index (χ3v) is 3.40. The molecule has 0 unspecified atom stereocenters. The van der Waals surface area contributed by atoms with Crippen LogP contribution in [0.4, 0.5) is 0 Å². The summed E-state index contributed by atoms with van der Waals surface area (Å²) >= 11 is 5.34. The molecule has 1 N–H and O–H groups in total. The summed E-state index contributed by atoms with van der Waals surface area (Å²) in [5.74, 6) is 0.831. The van der Waals surface area contributed by atoms with Crippen LogP contribution in [0.5, 0.6) is 0 Å². The summed E-state index contributed by atoms with van der Waals surface area (Å²) in [5, 5.41) is 3.96. The Bertz CT molecular complexity index is 748. The first-order valence-electron chi connectivity index (χ1n) is 5.61. The van der Waals surface area contributed by atoms with Crippen molar-refractivity contribution in [3.05, 3.63) is 40.2 Å². The van der Waals surface area contributed by atoms with Crippen LogP contribution in [-0.2, 0) is 6.54 Å². The third-order valence-electron chi connectivity index (χ3n) is 3.07. The molecular formula is C12H12N4OS. The minimum atomic E-state index is 0.657. The zero-order valence-electron chi connectivity index (χ0n) is 10.1. The molecule has 3 aromatic rings. The number of aromatic nitrogens is 4. The second-order valence-electron chi connectivity index (χ2n) is 4.21. The van der Waals surface area contributed by atoms with E-state index in [0.29, 0.717) is 11.3 Å². The Morgan fingerprint density at radius 1 is 1.44 bits per heavy atom. The molecule has 0 atom stereocenters. The van der Waals surface area contributed by atoms with Crippen molar-refractivity contribution in [3.8, 4) is 0 Å². The molecule has 0 spiro atoms. The van der Waals surface area contributed by atoms with Crippen LogP contribution in [0.15, 0.2) is 23.0 Å². The second kappa shape index (κ2) is 4.06. The minimum absolute atomic E-state index is 0.657. The highest BCUT2D eigenvalue weighted by Crippen LogP contribution is 2.18. The highest BCUT2D eigenvalue weighted by molar-refractivity contribution is 7.71. The molecule has 0 aliphatic heterocycles. The van der Waals surface area contributed by atoms with Crippen LogP contribution in [0.1, 0.15) is 17.0 Å². The van der Waals surface area contributed by atoms with Gasteiger partial charge in [-0.25, -0.2) is 0 Å². The molecule has 5 nitrogen and oxygen atoms in total. The SMILES string of the molecule is Cc1noc(C)c1Cn1c(=S)[nH]c2cnccc21. The molecule has 0 fully saturated rings. The topological polar surface area (TPSA) is 59.6 Å². The zero-order chi connectivity index (χ0) is 12.7. The van der Waals surface area contributed by atoms with Gasteiger partial charge in [0.15, 0.2) is 4.77 Å². The van der Waals surface area contributed by atoms with Crippen LogP contribution >= 0.6 is 12.2 Å². The smallest absolute Gasteiger partial charge is 0.178 e. The van der Waals surface area contributed by atoms with Gasteiger partial charge in [-0.3, -0.25) is 4.98 Å². The van der Waals surface area contributed by atoms with Crippen molar-refractivity contribution in [2.24, 2.45) is 0 Å². The van der Waals surface area contributed by atoms with E-state index in [-0.39, 0.29) is 0 Å². The van der Waals surface area contributed by atoms with Crippen LogP contribution in [0.2, 0.25) is 0 Å². The van der Waals surface area contributed by atoms with E-state index in [0.717, 1.165) is 28.1 Å². The van der Waals surface area contributed by atoms with E-state index in [9.17, 15) is 0 Å². The fourth-order valence-electron chi connectivity index (χ4n) is 2.05. The Labute approximate surface area is 108 Å². The fourth-order valence-corrected chi connectivity index (χ4v) is 2.33. The molecule has 0 saturated heterocycles. The Morgan fingerprint density at radius 3 is 3.00 bits per heavy atom. The summed E-state index contributed by atoms with van der Waals surface area (Å²) in [6, 6.07) is 1.94. The van der Waals surface area contributed by atoms with E-state index in [1.165, 1.54) is 0 Å². The number of imidazole rings is 1. The Kier molecular flexibility index (Phi) is 2.52. The van der Waals surface area contributed by atoms with Crippen molar-refractivity contribution < 1.29 is 4.52 Å². The molecule has 0 aromatic carbocycles. The van der Waals surface area contributed by atoms with Gasteiger partial charge < -0.3 is 14.1 Å². The van der Waals surface area contributed by atoms with Crippen LogP contribution in [0, 0.1) is 18.6 Å². The van der Waals surface area contributed by atoms with Crippen molar-refractivity contribution in [2.75, 3.05) is 0 Å². The highest BCUT2D eigenvalue weighted by atomic mass is 32.1. The van der Waals surface area contributed by atoms with Crippen molar-refractivity contribution in [1.29, 1.82) is 0 Å². The lowest BCUT2D eigenvalue weighted by Gasteiger charge is -2.03. The van der Waals surface area contributed by atoms with Crippen LogP contribution < -0.4 is 0 Å². The molecule has 6 heteroatoms. The second-order valence-corrected chi connectivity index (χ2v) is 4.60. The van der Waals surface area contributed by atoms with Crippen LogP contribution in [0.25, 0.3) is 11.0 Å². The normalized spacial score (nSPS) is 11.2. The van der Waals surface area contributed by atoms with Gasteiger partial charge in [0.25, 0.3) is 0 Å².